The molecule has 0 aliphatic heterocycles. The average Bonchev–Trinajstić information content (AvgIpc) is 2.73. The van der Waals surface area contributed by atoms with Gasteiger partial charge in [-0.2, -0.15) is 0 Å². The number of nitrogens with zero attached hydrogens (tertiary/aromatic N) is 1. The van der Waals surface area contributed by atoms with Gasteiger partial charge in [-0.1, -0.05) is 25.9 Å². The molecule has 0 amide bonds. The molecule has 2 N–H and O–H groups in total. The molecule has 0 atom stereocenters. The van der Waals surface area contributed by atoms with Gasteiger partial charge in [0, 0.05) is 5.56 Å². The van der Waals surface area contributed by atoms with E-state index in [0.717, 1.165) is 21.3 Å². The van der Waals surface area contributed by atoms with Gasteiger partial charge in [0.25, 0.3) is 0 Å². The molecule has 0 spiro atoms. The van der Waals surface area contributed by atoms with E-state index in [9.17, 15) is 0 Å². The minimum atomic E-state index is 0.0233. The van der Waals surface area contributed by atoms with Gasteiger partial charge in [0.2, 0.25) is 5.88 Å². The van der Waals surface area contributed by atoms with Crippen LogP contribution in [0.5, 0.6) is 5.75 Å². The Morgan fingerprint density at radius 2 is 1.95 bits per heavy atom. The van der Waals surface area contributed by atoms with Crippen molar-refractivity contribution in [2.45, 2.75) is 26.2 Å². The molecule has 4 nitrogen and oxygen atoms in total. The molecular weight excluding hydrogens is 308 g/mol. The van der Waals surface area contributed by atoms with Crippen LogP contribution >= 0.6 is 15.9 Å². The number of hydrogen-bond acceptors (Lipinski definition) is 4. The molecule has 0 fully saturated rings. The predicted octanol–water partition coefficient (Wildman–Crippen LogP) is 3.99. The second kappa shape index (κ2) is 4.89. The summed E-state index contributed by atoms with van der Waals surface area (Å²) in [5.41, 5.74) is 8.62. The first-order chi connectivity index (χ1) is 8.84. The minimum absolute atomic E-state index is 0.0233. The van der Waals surface area contributed by atoms with Crippen LogP contribution in [0.2, 0.25) is 0 Å². The Kier molecular flexibility index (Phi) is 3.58. The van der Waals surface area contributed by atoms with Crippen molar-refractivity contribution in [3.05, 3.63) is 28.4 Å². The Hall–Kier alpha value is -1.49. The van der Waals surface area contributed by atoms with Crippen LogP contribution < -0.4 is 10.5 Å². The molecule has 2 rings (SSSR count). The smallest absolute Gasteiger partial charge is 0.230 e. The molecule has 0 saturated heterocycles. The zero-order chi connectivity index (χ0) is 14.2. The largest absolute Gasteiger partial charge is 0.495 e. The molecule has 1 aromatic carbocycles. The summed E-state index contributed by atoms with van der Waals surface area (Å²) in [6.07, 6.45) is 1.60. The van der Waals surface area contributed by atoms with Gasteiger partial charge >= 0.3 is 0 Å². The van der Waals surface area contributed by atoms with Crippen LogP contribution in [0, 0.1) is 0 Å². The molecule has 5 heteroatoms. The average molecular weight is 325 g/mol. The van der Waals surface area contributed by atoms with Crippen LogP contribution in [0.25, 0.3) is 11.1 Å². The highest BCUT2D eigenvalue weighted by Crippen LogP contribution is 2.42. The maximum absolute atomic E-state index is 5.81. The molecule has 0 aliphatic rings. The van der Waals surface area contributed by atoms with Gasteiger partial charge < -0.3 is 15.0 Å². The summed E-state index contributed by atoms with van der Waals surface area (Å²) >= 11 is 3.54. The van der Waals surface area contributed by atoms with Crippen LogP contribution in [-0.2, 0) is 5.41 Å². The highest BCUT2D eigenvalue weighted by molar-refractivity contribution is 9.10. The van der Waals surface area contributed by atoms with Crippen molar-refractivity contribution in [1.29, 1.82) is 0 Å². The number of methoxy groups -OCH3 is 1. The topological polar surface area (TPSA) is 61.3 Å². The van der Waals surface area contributed by atoms with Crippen molar-refractivity contribution in [3.8, 4) is 16.9 Å². The summed E-state index contributed by atoms with van der Waals surface area (Å²) in [5, 5.41) is 3.72. The number of nitrogens with two attached hydrogens (primary N) is 1. The number of nitrogen functional groups attached to an aromatic ring is 1. The summed E-state index contributed by atoms with van der Waals surface area (Å²) < 4.78 is 11.3. The van der Waals surface area contributed by atoms with E-state index in [1.807, 2.05) is 0 Å². The first-order valence-corrected chi connectivity index (χ1v) is 6.72. The maximum Gasteiger partial charge on any atom is 0.230 e. The van der Waals surface area contributed by atoms with Gasteiger partial charge in [0.05, 0.1) is 23.3 Å². The minimum Gasteiger partial charge on any atom is -0.495 e. The number of aromatic nitrogens is 1. The van der Waals surface area contributed by atoms with Crippen LogP contribution in [0.15, 0.2) is 27.3 Å². The molecular formula is C14H17BrN2O2. The van der Waals surface area contributed by atoms with Crippen LogP contribution in [0.4, 0.5) is 5.88 Å². The van der Waals surface area contributed by atoms with Crippen LogP contribution in [0.3, 0.4) is 0 Å². The summed E-state index contributed by atoms with van der Waals surface area (Å²) in [6.45, 7) is 6.46. The number of hydrogen-bond donors (Lipinski definition) is 1. The van der Waals surface area contributed by atoms with E-state index in [1.54, 1.807) is 13.3 Å². The number of halogens is 1. The van der Waals surface area contributed by atoms with Gasteiger partial charge in [-0.25, -0.2) is 0 Å². The van der Waals surface area contributed by atoms with Gasteiger partial charge in [-0.15, -0.1) is 0 Å². The number of anilines is 1. The second-order valence-electron chi connectivity index (χ2n) is 5.39. The van der Waals surface area contributed by atoms with Gasteiger partial charge in [0.1, 0.15) is 5.75 Å². The van der Waals surface area contributed by atoms with Crippen LogP contribution in [-0.4, -0.2) is 12.3 Å². The number of benzene rings is 1. The molecule has 0 radical (unpaired) electrons. The van der Waals surface area contributed by atoms with Gasteiger partial charge in [-0.3, -0.25) is 0 Å². The SMILES string of the molecule is COc1c(Br)cc(C(C)(C)C)cc1-c1cnoc1N. The molecule has 0 saturated carbocycles. The summed E-state index contributed by atoms with van der Waals surface area (Å²) in [7, 11) is 1.63. The van der Waals surface area contributed by atoms with E-state index in [-0.39, 0.29) is 11.3 Å². The lowest BCUT2D eigenvalue weighted by Crippen LogP contribution is -2.11. The van der Waals surface area contributed by atoms with Crippen molar-refractivity contribution < 1.29 is 9.26 Å². The van der Waals surface area contributed by atoms with Crippen molar-refractivity contribution >= 4 is 21.8 Å². The molecule has 0 unspecified atom stereocenters. The Balaban J connectivity index is 2.71. The number of rotatable bonds is 2. The highest BCUT2D eigenvalue weighted by Gasteiger charge is 2.21. The molecule has 0 bridgehead atoms. The normalized spacial score (nSPS) is 11.6. The molecule has 2 aromatic rings. The third-order valence-corrected chi connectivity index (χ3v) is 3.59. The second-order valence-corrected chi connectivity index (χ2v) is 6.25. The van der Waals surface area contributed by atoms with Crippen LogP contribution in [0.1, 0.15) is 26.3 Å². The Labute approximate surface area is 121 Å². The Bertz CT molecular complexity index is 600. The van der Waals surface area contributed by atoms with E-state index >= 15 is 0 Å². The summed E-state index contributed by atoms with van der Waals surface area (Å²) in [4.78, 5) is 0. The fourth-order valence-electron chi connectivity index (χ4n) is 1.88. The molecule has 102 valence electrons. The number of ether oxygens (including phenoxy) is 1. The van der Waals surface area contributed by atoms with E-state index in [4.69, 9.17) is 15.0 Å². The Morgan fingerprint density at radius 3 is 2.42 bits per heavy atom. The quantitative estimate of drug-likeness (QED) is 0.907. The third-order valence-electron chi connectivity index (χ3n) is 3.00. The van der Waals surface area contributed by atoms with E-state index in [0.29, 0.717) is 0 Å². The van der Waals surface area contributed by atoms with E-state index in [1.165, 1.54) is 5.56 Å². The standard InChI is InChI=1S/C14H17BrN2O2/c1-14(2,3)8-5-9(10-7-17-19-13(10)16)12(18-4)11(15)6-8/h5-7H,16H2,1-4H3. The monoisotopic (exact) mass is 324 g/mol. The van der Waals surface area contributed by atoms with Crippen molar-refractivity contribution in [1.82, 2.24) is 5.16 Å². The fraction of sp³-hybridized carbons (Fsp3) is 0.357. The first-order valence-electron chi connectivity index (χ1n) is 5.93. The van der Waals surface area contributed by atoms with Crippen molar-refractivity contribution in [2.24, 2.45) is 0 Å². The maximum atomic E-state index is 5.81. The van der Waals surface area contributed by atoms with Gasteiger partial charge in [-0.05, 0) is 39.0 Å². The predicted molar refractivity (Wildman–Crippen MR) is 79.3 cm³/mol. The zero-order valence-electron chi connectivity index (χ0n) is 11.5. The fourth-order valence-corrected chi connectivity index (χ4v) is 2.51. The highest BCUT2D eigenvalue weighted by atomic mass is 79.9. The van der Waals surface area contributed by atoms with Crippen molar-refractivity contribution in [2.75, 3.05) is 12.8 Å². The zero-order valence-corrected chi connectivity index (χ0v) is 13.0. The molecule has 0 aliphatic carbocycles. The lowest BCUT2D eigenvalue weighted by atomic mass is 9.85. The Morgan fingerprint density at radius 1 is 1.26 bits per heavy atom. The van der Waals surface area contributed by atoms with Crippen molar-refractivity contribution in [3.63, 3.8) is 0 Å². The van der Waals surface area contributed by atoms with E-state index in [2.05, 4.69) is 54.0 Å². The lowest BCUT2D eigenvalue weighted by Gasteiger charge is -2.22. The summed E-state index contributed by atoms with van der Waals surface area (Å²) in [5.74, 6) is 1.01. The molecule has 1 heterocycles. The van der Waals surface area contributed by atoms with Gasteiger partial charge in [0.15, 0.2) is 0 Å². The molecule has 1 aromatic heterocycles. The lowest BCUT2D eigenvalue weighted by molar-refractivity contribution is 0.413. The summed E-state index contributed by atoms with van der Waals surface area (Å²) in [6, 6.07) is 4.12. The van der Waals surface area contributed by atoms with E-state index < -0.39 is 0 Å². The third kappa shape index (κ3) is 2.61. The first kappa shape index (κ1) is 13.9. The molecule has 19 heavy (non-hydrogen) atoms.